The van der Waals surface area contributed by atoms with Gasteiger partial charge in [-0.05, 0) is 42.0 Å². The first-order chi connectivity index (χ1) is 12.8. The van der Waals surface area contributed by atoms with E-state index >= 15 is 0 Å². The van der Waals surface area contributed by atoms with Crippen molar-refractivity contribution in [2.45, 2.75) is 17.0 Å². The standard InChI is InChI=1S/C18H21NO7S/c1-24-13-6-4-12(5-7-13)17(20)16(18(21)26-3)19-27(22,23)15-10-8-14(25-2)9-11-15/h4-11,16-17,19-20H,1-3H3. The lowest BCUT2D eigenvalue weighted by molar-refractivity contribution is -0.145. The topological polar surface area (TPSA) is 111 Å². The van der Waals surface area contributed by atoms with Gasteiger partial charge in [0.2, 0.25) is 10.0 Å². The van der Waals surface area contributed by atoms with Crippen LogP contribution >= 0.6 is 0 Å². The first-order valence-corrected chi connectivity index (χ1v) is 9.37. The van der Waals surface area contributed by atoms with Gasteiger partial charge in [-0.3, -0.25) is 4.79 Å². The molecular weight excluding hydrogens is 374 g/mol. The molecule has 2 aromatic carbocycles. The molecule has 2 aromatic rings. The molecule has 27 heavy (non-hydrogen) atoms. The van der Waals surface area contributed by atoms with Crippen molar-refractivity contribution in [3.8, 4) is 11.5 Å². The molecule has 0 aliphatic heterocycles. The second kappa shape index (κ2) is 8.85. The highest BCUT2D eigenvalue weighted by Crippen LogP contribution is 2.23. The molecule has 0 aliphatic carbocycles. The molecule has 2 unspecified atom stereocenters. The molecule has 9 heteroatoms. The Kier molecular flexibility index (Phi) is 6.78. The molecule has 0 amide bonds. The van der Waals surface area contributed by atoms with Crippen molar-refractivity contribution in [1.82, 2.24) is 4.72 Å². The van der Waals surface area contributed by atoms with E-state index in [1.165, 1.54) is 50.6 Å². The summed E-state index contributed by atoms with van der Waals surface area (Å²) in [5, 5.41) is 10.5. The largest absolute Gasteiger partial charge is 0.497 e. The van der Waals surface area contributed by atoms with Crippen LogP contribution in [-0.2, 0) is 19.6 Å². The maximum absolute atomic E-state index is 12.6. The van der Waals surface area contributed by atoms with Crippen LogP contribution < -0.4 is 14.2 Å². The average molecular weight is 395 g/mol. The van der Waals surface area contributed by atoms with Crippen LogP contribution in [-0.4, -0.2) is 46.9 Å². The lowest BCUT2D eigenvalue weighted by Gasteiger charge is -2.22. The second-order valence-electron chi connectivity index (χ2n) is 5.52. The molecule has 2 rings (SSSR count). The van der Waals surface area contributed by atoms with E-state index < -0.39 is 28.1 Å². The summed E-state index contributed by atoms with van der Waals surface area (Å²) in [6, 6.07) is 10.3. The summed E-state index contributed by atoms with van der Waals surface area (Å²) in [5.41, 5.74) is 0.323. The number of ether oxygens (including phenoxy) is 3. The fraction of sp³-hybridized carbons (Fsp3) is 0.278. The fourth-order valence-electron chi connectivity index (χ4n) is 2.35. The molecule has 0 spiro atoms. The third-order valence-electron chi connectivity index (χ3n) is 3.88. The summed E-state index contributed by atoms with van der Waals surface area (Å²) in [5.74, 6) is 0.117. The molecule has 0 saturated carbocycles. The van der Waals surface area contributed by atoms with Crippen molar-refractivity contribution in [3.63, 3.8) is 0 Å². The Morgan fingerprint density at radius 1 is 0.926 bits per heavy atom. The smallest absolute Gasteiger partial charge is 0.326 e. The summed E-state index contributed by atoms with van der Waals surface area (Å²) in [7, 11) is -0.0373. The zero-order valence-electron chi connectivity index (χ0n) is 15.1. The van der Waals surface area contributed by atoms with Gasteiger partial charge in [0.15, 0.2) is 0 Å². The lowest BCUT2D eigenvalue weighted by Crippen LogP contribution is -2.45. The normalized spacial score (nSPS) is 13.5. The zero-order chi connectivity index (χ0) is 20.0. The van der Waals surface area contributed by atoms with Gasteiger partial charge < -0.3 is 19.3 Å². The number of carbonyl (C=O) groups excluding carboxylic acids is 1. The number of sulfonamides is 1. The first-order valence-electron chi connectivity index (χ1n) is 7.88. The minimum Gasteiger partial charge on any atom is -0.497 e. The van der Waals surface area contributed by atoms with E-state index in [4.69, 9.17) is 9.47 Å². The number of methoxy groups -OCH3 is 3. The quantitative estimate of drug-likeness (QED) is 0.647. The molecule has 0 saturated heterocycles. The van der Waals surface area contributed by atoms with Crippen LogP contribution in [0.4, 0.5) is 0 Å². The number of esters is 1. The number of hydrogen-bond acceptors (Lipinski definition) is 7. The van der Waals surface area contributed by atoms with Gasteiger partial charge >= 0.3 is 5.97 Å². The highest BCUT2D eigenvalue weighted by molar-refractivity contribution is 7.89. The molecular formula is C18H21NO7S. The van der Waals surface area contributed by atoms with Gasteiger partial charge in [0.05, 0.1) is 26.2 Å². The Morgan fingerprint density at radius 2 is 1.41 bits per heavy atom. The van der Waals surface area contributed by atoms with E-state index in [1.54, 1.807) is 12.1 Å². The number of rotatable bonds is 8. The fourth-order valence-corrected chi connectivity index (χ4v) is 3.54. The molecule has 0 bridgehead atoms. The molecule has 146 valence electrons. The molecule has 0 aliphatic rings. The second-order valence-corrected chi connectivity index (χ2v) is 7.23. The molecule has 0 aromatic heterocycles. The first kappa shape index (κ1) is 20.7. The SMILES string of the molecule is COC(=O)C(NS(=O)(=O)c1ccc(OC)cc1)C(O)c1ccc(OC)cc1. The van der Waals surface area contributed by atoms with Gasteiger partial charge in [0, 0.05) is 0 Å². The van der Waals surface area contributed by atoms with Crippen LogP contribution in [0.15, 0.2) is 53.4 Å². The number of hydrogen-bond donors (Lipinski definition) is 2. The predicted molar refractivity (Wildman–Crippen MR) is 97.1 cm³/mol. The minimum atomic E-state index is -4.10. The number of aliphatic hydroxyl groups excluding tert-OH is 1. The molecule has 0 heterocycles. The van der Waals surface area contributed by atoms with Gasteiger partial charge in [-0.25, -0.2) is 8.42 Å². The molecule has 2 N–H and O–H groups in total. The highest BCUT2D eigenvalue weighted by atomic mass is 32.2. The maximum Gasteiger partial charge on any atom is 0.326 e. The molecule has 0 fully saturated rings. The summed E-state index contributed by atoms with van der Waals surface area (Å²) < 4.78 is 42.1. The maximum atomic E-state index is 12.6. The van der Waals surface area contributed by atoms with Crippen molar-refractivity contribution in [2.75, 3.05) is 21.3 Å². The van der Waals surface area contributed by atoms with Crippen LogP contribution in [0, 0.1) is 0 Å². The van der Waals surface area contributed by atoms with Crippen LogP contribution in [0.5, 0.6) is 11.5 Å². The summed E-state index contributed by atoms with van der Waals surface area (Å²) in [4.78, 5) is 12.0. The lowest BCUT2D eigenvalue weighted by atomic mass is 10.0. The Balaban J connectivity index is 2.30. The Labute approximate surface area is 157 Å². The number of carbonyl (C=O) groups is 1. The third kappa shape index (κ3) is 4.97. The van der Waals surface area contributed by atoms with Crippen LogP contribution in [0.1, 0.15) is 11.7 Å². The number of benzene rings is 2. The van der Waals surface area contributed by atoms with Gasteiger partial charge in [0.25, 0.3) is 0 Å². The van der Waals surface area contributed by atoms with E-state index in [-0.39, 0.29) is 4.90 Å². The van der Waals surface area contributed by atoms with Crippen molar-refractivity contribution in [3.05, 3.63) is 54.1 Å². The highest BCUT2D eigenvalue weighted by Gasteiger charge is 2.33. The van der Waals surface area contributed by atoms with Crippen molar-refractivity contribution >= 4 is 16.0 Å². The summed E-state index contributed by atoms with van der Waals surface area (Å²) >= 11 is 0. The van der Waals surface area contributed by atoms with Gasteiger partial charge in [0.1, 0.15) is 23.6 Å². The van der Waals surface area contributed by atoms with Crippen molar-refractivity contribution < 1.29 is 32.5 Å². The minimum absolute atomic E-state index is 0.0841. The Hall–Kier alpha value is -2.62. The Morgan fingerprint density at radius 3 is 1.85 bits per heavy atom. The van der Waals surface area contributed by atoms with Crippen LogP contribution in [0.25, 0.3) is 0 Å². The van der Waals surface area contributed by atoms with E-state index in [2.05, 4.69) is 9.46 Å². The zero-order valence-corrected chi connectivity index (χ0v) is 15.9. The predicted octanol–water partition coefficient (Wildman–Crippen LogP) is 1.26. The van der Waals surface area contributed by atoms with E-state index in [0.717, 1.165) is 7.11 Å². The van der Waals surface area contributed by atoms with Crippen molar-refractivity contribution in [2.24, 2.45) is 0 Å². The number of aliphatic hydroxyl groups is 1. The molecule has 0 radical (unpaired) electrons. The van der Waals surface area contributed by atoms with Crippen LogP contribution in [0.2, 0.25) is 0 Å². The van der Waals surface area contributed by atoms with Crippen LogP contribution in [0.3, 0.4) is 0 Å². The third-order valence-corrected chi connectivity index (χ3v) is 5.34. The van der Waals surface area contributed by atoms with Gasteiger partial charge in [-0.1, -0.05) is 12.1 Å². The van der Waals surface area contributed by atoms with E-state index in [0.29, 0.717) is 17.1 Å². The average Bonchev–Trinajstić information content (AvgIpc) is 2.71. The summed E-state index contributed by atoms with van der Waals surface area (Å²) in [6.07, 6.45) is -1.46. The van der Waals surface area contributed by atoms with Gasteiger partial charge in [-0.15, -0.1) is 0 Å². The Bertz CT molecular complexity index is 864. The monoisotopic (exact) mass is 395 g/mol. The number of nitrogens with one attached hydrogen (secondary N) is 1. The van der Waals surface area contributed by atoms with E-state index in [1.807, 2.05) is 0 Å². The van der Waals surface area contributed by atoms with E-state index in [9.17, 15) is 18.3 Å². The molecule has 2 atom stereocenters. The summed E-state index contributed by atoms with van der Waals surface area (Å²) in [6.45, 7) is 0. The van der Waals surface area contributed by atoms with Crippen molar-refractivity contribution in [1.29, 1.82) is 0 Å². The molecule has 8 nitrogen and oxygen atoms in total. The van der Waals surface area contributed by atoms with Gasteiger partial charge in [-0.2, -0.15) is 4.72 Å².